The molecule has 0 amide bonds. The molecular formula is C16H21IO3. The molecule has 1 fully saturated rings. The number of halogens is 1. The molecule has 0 saturated carbocycles. The summed E-state index contributed by atoms with van der Waals surface area (Å²) in [5.41, 5.74) is 0. The number of rotatable bonds is 7. The van der Waals surface area contributed by atoms with Crippen LogP contribution in [-0.2, 0) is 9.47 Å². The average Bonchev–Trinajstić information content (AvgIpc) is 2.87. The molecule has 1 aliphatic heterocycles. The Morgan fingerprint density at radius 3 is 2.60 bits per heavy atom. The second-order valence-electron chi connectivity index (χ2n) is 4.96. The van der Waals surface area contributed by atoms with Crippen molar-refractivity contribution in [1.82, 2.24) is 0 Å². The Labute approximate surface area is 134 Å². The van der Waals surface area contributed by atoms with Gasteiger partial charge in [-0.3, -0.25) is 0 Å². The van der Waals surface area contributed by atoms with Crippen LogP contribution in [0.3, 0.4) is 0 Å². The lowest BCUT2D eigenvalue weighted by molar-refractivity contribution is -0.147. The first-order valence-corrected chi connectivity index (χ1v) is 8.07. The van der Waals surface area contributed by atoms with Crippen LogP contribution in [0.4, 0.5) is 0 Å². The van der Waals surface area contributed by atoms with Crippen molar-refractivity contribution in [2.75, 3.05) is 19.8 Å². The molecule has 1 aliphatic rings. The summed E-state index contributed by atoms with van der Waals surface area (Å²) in [6, 6.07) is 8.07. The van der Waals surface area contributed by atoms with E-state index in [2.05, 4.69) is 34.7 Å². The van der Waals surface area contributed by atoms with Gasteiger partial charge < -0.3 is 14.2 Å². The third-order valence-electron chi connectivity index (χ3n) is 3.23. The number of benzene rings is 1. The second-order valence-corrected chi connectivity index (χ2v) is 6.20. The number of allylic oxidation sites excluding steroid dienone is 1. The van der Waals surface area contributed by atoms with E-state index in [1.54, 1.807) is 0 Å². The van der Waals surface area contributed by atoms with Crippen LogP contribution < -0.4 is 4.74 Å². The van der Waals surface area contributed by atoms with E-state index in [1.807, 2.05) is 31.2 Å². The first kappa shape index (κ1) is 15.8. The zero-order chi connectivity index (χ0) is 14.3. The summed E-state index contributed by atoms with van der Waals surface area (Å²) >= 11 is 2.28. The maximum atomic E-state index is 5.62. The Hall–Kier alpha value is -0.590. The molecule has 1 aromatic rings. The van der Waals surface area contributed by atoms with Gasteiger partial charge in [0.1, 0.15) is 12.4 Å². The Kier molecular flexibility index (Phi) is 6.32. The van der Waals surface area contributed by atoms with Crippen molar-refractivity contribution in [2.24, 2.45) is 0 Å². The van der Waals surface area contributed by atoms with E-state index in [4.69, 9.17) is 14.2 Å². The summed E-state index contributed by atoms with van der Waals surface area (Å²) < 4.78 is 18.0. The zero-order valence-electron chi connectivity index (χ0n) is 11.8. The minimum atomic E-state index is -0.356. The molecule has 1 heterocycles. The van der Waals surface area contributed by atoms with E-state index in [9.17, 15) is 0 Å². The molecule has 0 aromatic heterocycles. The molecule has 4 heteroatoms. The average molecular weight is 388 g/mol. The van der Waals surface area contributed by atoms with Crippen molar-refractivity contribution < 1.29 is 14.2 Å². The Morgan fingerprint density at radius 1 is 1.20 bits per heavy atom. The summed E-state index contributed by atoms with van der Waals surface area (Å²) in [5.74, 6) is 0.557. The quantitative estimate of drug-likeness (QED) is 0.399. The van der Waals surface area contributed by atoms with Gasteiger partial charge in [0.2, 0.25) is 0 Å². The summed E-state index contributed by atoms with van der Waals surface area (Å²) in [7, 11) is 0. The van der Waals surface area contributed by atoms with Crippen LogP contribution in [0.5, 0.6) is 5.75 Å². The second kappa shape index (κ2) is 8.00. The van der Waals surface area contributed by atoms with Crippen LogP contribution in [0.15, 0.2) is 36.4 Å². The van der Waals surface area contributed by atoms with E-state index in [1.165, 1.54) is 3.57 Å². The van der Waals surface area contributed by atoms with Crippen LogP contribution in [-0.4, -0.2) is 25.6 Å². The highest BCUT2D eigenvalue weighted by Gasteiger charge is 2.29. The lowest BCUT2D eigenvalue weighted by Gasteiger charge is -2.21. The van der Waals surface area contributed by atoms with Crippen molar-refractivity contribution in [2.45, 2.75) is 32.0 Å². The van der Waals surface area contributed by atoms with E-state index < -0.39 is 0 Å². The van der Waals surface area contributed by atoms with Crippen molar-refractivity contribution in [3.8, 4) is 5.75 Å². The number of hydrogen-bond donors (Lipinski definition) is 0. The molecule has 0 atom stereocenters. The van der Waals surface area contributed by atoms with E-state index in [-0.39, 0.29) is 5.79 Å². The summed E-state index contributed by atoms with van der Waals surface area (Å²) in [5, 5.41) is 0. The van der Waals surface area contributed by atoms with Gasteiger partial charge in [0, 0.05) is 9.99 Å². The van der Waals surface area contributed by atoms with E-state index in [0.29, 0.717) is 6.61 Å². The van der Waals surface area contributed by atoms with Gasteiger partial charge in [-0.1, -0.05) is 12.2 Å². The Bertz CT molecular complexity index is 422. The third-order valence-corrected chi connectivity index (χ3v) is 3.95. The topological polar surface area (TPSA) is 27.7 Å². The molecule has 0 spiro atoms. The highest BCUT2D eigenvalue weighted by molar-refractivity contribution is 14.1. The number of ether oxygens (including phenoxy) is 3. The molecule has 1 saturated heterocycles. The normalized spacial score (nSPS) is 17.7. The Balaban J connectivity index is 1.56. The fourth-order valence-corrected chi connectivity index (χ4v) is 2.46. The van der Waals surface area contributed by atoms with Gasteiger partial charge in [-0.2, -0.15) is 0 Å². The minimum Gasteiger partial charge on any atom is -0.490 e. The Morgan fingerprint density at radius 2 is 1.90 bits per heavy atom. The molecule has 0 radical (unpaired) electrons. The smallest absolute Gasteiger partial charge is 0.165 e. The molecule has 1 aromatic carbocycles. The van der Waals surface area contributed by atoms with Gasteiger partial charge in [-0.05, 0) is 66.6 Å². The first-order chi connectivity index (χ1) is 9.68. The maximum Gasteiger partial charge on any atom is 0.165 e. The molecule has 20 heavy (non-hydrogen) atoms. The summed E-state index contributed by atoms with van der Waals surface area (Å²) in [6.07, 6.45) is 7.26. The zero-order valence-corrected chi connectivity index (χ0v) is 14.0. The minimum absolute atomic E-state index is 0.356. The fourth-order valence-electron chi connectivity index (χ4n) is 2.10. The standard InChI is InChI=1S/C16H21IO3/c1-16(19-12-13-20-16)10-4-2-3-5-11-18-15-8-6-14(17)7-9-15/h3,5-9H,2,4,10-13H2,1H3/b5-3+. The van der Waals surface area contributed by atoms with Gasteiger partial charge in [0.15, 0.2) is 5.79 Å². The molecule has 110 valence electrons. The lowest BCUT2D eigenvalue weighted by Crippen LogP contribution is -2.24. The predicted octanol–water partition coefficient (Wildman–Crippen LogP) is 4.16. The molecular weight excluding hydrogens is 367 g/mol. The molecule has 3 nitrogen and oxygen atoms in total. The van der Waals surface area contributed by atoms with Gasteiger partial charge >= 0.3 is 0 Å². The monoisotopic (exact) mass is 388 g/mol. The van der Waals surface area contributed by atoms with Crippen LogP contribution >= 0.6 is 22.6 Å². The van der Waals surface area contributed by atoms with Crippen molar-refractivity contribution in [3.63, 3.8) is 0 Å². The molecule has 0 bridgehead atoms. The lowest BCUT2D eigenvalue weighted by atomic mass is 10.1. The van der Waals surface area contributed by atoms with Crippen LogP contribution in [0.2, 0.25) is 0 Å². The summed E-state index contributed by atoms with van der Waals surface area (Å²) in [6.45, 7) is 4.07. The van der Waals surface area contributed by atoms with Crippen LogP contribution in [0.1, 0.15) is 26.2 Å². The third kappa shape index (κ3) is 5.42. The van der Waals surface area contributed by atoms with Gasteiger partial charge in [0.25, 0.3) is 0 Å². The fraction of sp³-hybridized carbons (Fsp3) is 0.500. The van der Waals surface area contributed by atoms with Gasteiger partial charge in [0.05, 0.1) is 13.2 Å². The first-order valence-electron chi connectivity index (χ1n) is 6.99. The SMILES string of the molecule is CC1(CCC/C=C/COc2ccc(I)cc2)OCCO1. The summed E-state index contributed by atoms with van der Waals surface area (Å²) in [4.78, 5) is 0. The van der Waals surface area contributed by atoms with Crippen molar-refractivity contribution in [1.29, 1.82) is 0 Å². The van der Waals surface area contributed by atoms with Crippen molar-refractivity contribution in [3.05, 3.63) is 40.0 Å². The number of hydrogen-bond acceptors (Lipinski definition) is 3. The van der Waals surface area contributed by atoms with E-state index >= 15 is 0 Å². The van der Waals surface area contributed by atoms with Crippen molar-refractivity contribution >= 4 is 22.6 Å². The van der Waals surface area contributed by atoms with Gasteiger partial charge in [-0.25, -0.2) is 0 Å². The van der Waals surface area contributed by atoms with Crippen LogP contribution in [0, 0.1) is 3.57 Å². The molecule has 0 unspecified atom stereocenters. The highest BCUT2D eigenvalue weighted by atomic mass is 127. The molecule has 0 N–H and O–H groups in total. The van der Waals surface area contributed by atoms with E-state index in [0.717, 1.165) is 38.2 Å². The largest absolute Gasteiger partial charge is 0.490 e. The highest BCUT2D eigenvalue weighted by Crippen LogP contribution is 2.24. The molecule has 0 aliphatic carbocycles. The van der Waals surface area contributed by atoms with Gasteiger partial charge in [-0.15, -0.1) is 0 Å². The van der Waals surface area contributed by atoms with Crippen LogP contribution in [0.25, 0.3) is 0 Å². The predicted molar refractivity (Wildman–Crippen MR) is 88.0 cm³/mol. The molecule has 2 rings (SSSR count). The maximum absolute atomic E-state index is 5.62. The number of unbranched alkanes of at least 4 members (excludes halogenated alkanes) is 1.